The van der Waals surface area contributed by atoms with Crippen LogP contribution in [0.3, 0.4) is 0 Å². The van der Waals surface area contributed by atoms with Crippen molar-refractivity contribution < 1.29 is 9.18 Å². The third-order valence-electron chi connectivity index (χ3n) is 9.45. The average Bonchev–Trinajstić information content (AvgIpc) is 3.34. The Labute approximate surface area is 254 Å². The Bertz CT molecular complexity index is 1430. The molecule has 1 aromatic rings. The lowest BCUT2D eigenvalue weighted by Gasteiger charge is -2.28. The highest BCUT2D eigenvalue weighted by Crippen LogP contribution is 2.38. The maximum atomic E-state index is 14.2. The second-order valence-corrected chi connectivity index (χ2v) is 12.7. The van der Waals surface area contributed by atoms with Crippen molar-refractivity contribution in [2.45, 2.75) is 96.3 Å². The number of amides is 1. The molecule has 0 saturated heterocycles. The summed E-state index contributed by atoms with van der Waals surface area (Å²) in [6.07, 6.45) is 21.5. The first kappa shape index (κ1) is 29.7. The zero-order valence-electron chi connectivity index (χ0n) is 25.5. The summed E-state index contributed by atoms with van der Waals surface area (Å²) in [5, 5.41) is 6.72. The number of carbonyl (C=O) groups is 1. The first-order valence-corrected chi connectivity index (χ1v) is 16.3. The lowest BCUT2D eigenvalue weighted by atomic mass is 9.79. The molecule has 4 heterocycles. The van der Waals surface area contributed by atoms with E-state index in [4.69, 9.17) is 9.98 Å². The van der Waals surface area contributed by atoms with Crippen LogP contribution in [0.1, 0.15) is 94.8 Å². The molecule has 5 aliphatic rings. The van der Waals surface area contributed by atoms with Gasteiger partial charge in [-0.3, -0.25) is 14.8 Å². The molecule has 2 aliphatic carbocycles. The molecule has 6 rings (SSSR count). The van der Waals surface area contributed by atoms with Crippen molar-refractivity contribution in [2.75, 3.05) is 13.1 Å². The van der Waals surface area contributed by atoms with Crippen molar-refractivity contribution in [3.8, 4) is 0 Å². The maximum absolute atomic E-state index is 14.2. The van der Waals surface area contributed by atoms with Gasteiger partial charge in [0.2, 0.25) is 5.91 Å². The summed E-state index contributed by atoms with van der Waals surface area (Å²) < 4.78 is 14.2. The summed E-state index contributed by atoms with van der Waals surface area (Å²) in [7, 11) is 0. The zero-order valence-corrected chi connectivity index (χ0v) is 25.5. The van der Waals surface area contributed by atoms with Gasteiger partial charge in [0.25, 0.3) is 0 Å². The zero-order chi connectivity index (χ0) is 29.8. The van der Waals surface area contributed by atoms with Crippen molar-refractivity contribution in [3.05, 3.63) is 76.1 Å². The minimum atomic E-state index is -0.935. The van der Waals surface area contributed by atoms with E-state index in [1.165, 1.54) is 23.1 Å². The number of halogens is 1. The van der Waals surface area contributed by atoms with Crippen molar-refractivity contribution in [1.82, 2.24) is 20.6 Å². The van der Waals surface area contributed by atoms with Crippen LogP contribution in [0.4, 0.5) is 4.39 Å². The van der Waals surface area contributed by atoms with Crippen molar-refractivity contribution in [3.63, 3.8) is 0 Å². The van der Waals surface area contributed by atoms with Crippen LogP contribution in [0.2, 0.25) is 0 Å². The number of unbranched alkanes of at least 4 members (excludes halogenated alkanes) is 2. The van der Waals surface area contributed by atoms with E-state index in [9.17, 15) is 9.18 Å². The number of alkyl halides is 1. The number of imidazole rings is 1. The molecule has 43 heavy (non-hydrogen) atoms. The van der Waals surface area contributed by atoms with Gasteiger partial charge in [0.1, 0.15) is 6.17 Å². The highest BCUT2D eigenvalue weighted by Gasteiger charge is 2.34. The lowest BCUT2D eigenvalue weighted by molar-refractivity contribution is -0.125. The smallest absolute Gasteiger partial charge is 0.223 e. The van der Waals surface area contributed by atoms with Crippen LogP contribution in [0.25, 0.3) is 0 Å². The SMILES string of the molecule is CCCCCC(C)C(=O)NC1C=NC=C(C2=CC=C3CCCN=C(c4nc5c([nH]4)CNCC5C4=CC(F)CC=C4)C3C2)C1. The molecule has 1 aromatic heterocycles. The quantitative estimate of drug-likeness (QED) is 0.296. The predicted octanol–water partition coefficient (Wildman–Crippen LogP) is 6.34. The largest absolute Gasteiger partial charge is 0.348 e. The van der Waals surface area contributed by atoms with E-state index in [-0.39, 0.29) is 29.7 Å². The summed E-state index contributed by atoms with van der Waals surface area (Å²) in [6.45, 7) is 6.45. The summed E-state index contributed by atoms with van der Waals surface area (Å²) in [5.41, 5.74) is 7.91. The number of aromatic nitrogens is 2. The fourth-order valence-corrected chi connectivity index (χ4v) is 6.96. The van der Waals surface area contributed by atoms with Gasteiger partial charge in [0.05, 0.1) is 23.1 Å². The van der Waals surface area contributed by atoms with Gasteiger partial charge in [-0.25, -0.2) is 9.37 Å². The third-order valence-corrected chi connectivity index (χ3v) is 9.45. The number of rotatable bonds is 9. The molecule has 0 aromatic carbocycles. The van der Waals surface area contributed by atoms with Crippen molar-refractivity contribution in [2.24, 2.45) is 21.8 Å². The van der Waals surface area contributed by atoms with Gasteiger partial charge in [-0.2, -0.15) is 0 Å². The topological polar surface area (TPSA) is 94.5 Å². The Kier molecular flexibility index (Phi) is 9.31. The lowest BCUT2D eigenvalue weighted by Crippen LogP contribution is -2.40. The number of hydrogen-bond acceptors (Lipinski definition) is 5. The molecule has 8 heteroatoms. The van der Waals surface area contributed by atoms with Crippen LogP contribution in [0.5, 0.6) is 0 Å². The normalized spacial score (nSPS) is 27.5. The second kappa shape index (κ2) is 13.5. The molecule has 5 atom stereocenters. The Morgan fingerprint density at radius 1 is 1.19 bits per heavy atom. The van der Waals surface area contributed by atoms with E-state index in [1.807, 2.05) is 25.4 Å². The number of carbonyl (C=O) groups excluding carboxylic acids is 1. The van der Waals surface area contributed by atoms with E-state index in [0.29, 0.717) is 6.42 Å². The van der Waals surface area contributed by atoms with Gasteiger partial charge in [-0.1, -0.05) is 63.0 Å². The van der Waals surface area contributed by atoms with Crippen LogP contribution in [0.15, 0.2) is 68.9 Å². The van der Waals surface area contributed by atoms with Gasteiger partial charge >= 0.3 is 0 Å². The van der Waals surface area contributed by atoms with E-state index in [1.54, 1.807) is 6.08 Å². The maximum Gasteiger partial charge on any atom is 0.223 e. The Hall–Kier alpha value is -3.39. The molecule has 0 bridgehead atoms. The molecule has 3 aliphatic heterocycles. The molecule has 1 amide bonds. The monoisotopic (exact) mass is 584 g/mol. The standard InChI is InChI=1S/C35H45FN6O/c1-3-4-5-8-22(2)35(43)40-28-16-26(18-37-19-28)24-13-12-23-10-7-14-39-33(29(23)17-24)34-41-31-21-38-20-30(32(31)42-34)25-9-6-11-27(36)15-25/h6,9,12-13,15,18-19,22,27-30,38H,3-5,7-8,10-11,14,16-17,20-21H2,1-2H3,(H,40,43)(H,41,42). The molecule has 228 valence electrons. The van der Waals surface area contributed by atoms with Crippen LogP contribution in [-0.2, 0) is 11.3 Å². The number of H-pyrrole nitrogens is 1. The van der Waals surface area contributed by atoms with Crippen molar-refractivity contribution in [1.29, 1.82) is 0 Å². The van der Waals surface area contributed by atoms with Crippen LogP contribution >= 0.6 is 0 Å². The molecule has 5 unspecified atom stereocenters. The molecule has 0 spiro atoms. The number of hydrogen-bond donors (Lipinski definition) is 3. The van der Waals surface area contributed by atoms with Crippen LogP contribution in [0, 0.1) is 11.8 Å². The average molecular weight is 585 g/mol. The van der Waals surface area contributed by atoms with Gasteiger partial charge in [-0.05, 0) is 54.9 Å². The number of nitrogens with zero attached hydrogens (tertiary/aromatic N) is 3. The minimum absolute atomic E-state index is 0.0104. The highest BCUT2D eigenvalue weighted by molar-refractivity contribution is 6.02. The minimum Gasteiger partial charge on any atom is -0.348 e. The predicted molar refractivity (Wildman–Crippen MR) is 171 cm³/mol. The summed E-state index contributed by atoms with van der Waals surface area (Å²) >= 11 is 0. The number of nitrogens with one attached hydrogen (secondary N) is 3. The molecule has 0 fully saturated rings. The molecular formula is C35H45FN6O. The number of aromatic amines is 1. The summed E-state index contributed by atoms with van der Waals surface area (Å²) in [6, 6.07) is -0.0945. The Morgan fingerprint density at radius 3 is 2.95 bits per heavy atom. The van der Waals surface area contributed by atoms with Gasteiger partial charge in [0.15, 0.2) is 5.82 Å². The molecular weight excluding hydrogens is 539 g/mol. The van der Waals surface area contributed by atoms with E-state index < -0.39 is 6.17 Å². The Morgan fingerprint density at radius 2 is 2.09 bits per heavy atom. The fraction of sp³-hybridized carbons (Fsp3) is 0.543. The van der Waals surface area contributed by atoms with E-state index in [0.717, 1.165) is 93.1 Å². The van der Waals surface area contributed by atoms with Crippen molar-refractivity contribution >= 4 is 17.8 Å². The first-order valence-electron chi connectivity index (χ1n) is 16.3. The molecule has 7 nitrogen and oxygen atoms in total. The summed E-state index contributed by atoms with van der Waals surface area (Å²) in [4.78, 5) is 31.3. The van der Waals surface area contributed by atoms with E-state index >= 15 is 0 Å². The van der Waals surface area contributed by atoms with Crippen LogP contribution in [-0.4, -0.2) is 53.1 Å². The summed E-state index contributed by atoms with van der Waals surface area (Å²) in [5.74, 6) is 1.13. The molecule has 0 radical (unpaired) electrons. The second-order valence-electron chi connectivity index (χ2n) is 12.7. The number of fused-ring (bicyclic) bond motifs is 2. The van der Waals surface area contributed by atoms with Gasteiger partial charge in [-0.15, -0.1) is 0 Å². The Balaban J connectivity index is 1.17. The van der Waals surface area contributed by atoms with Gasteiger partial charge < -0.3 is 15.6 Å². The highest BCUT2D eigenvalue weighted by atomic mass is 19.1. The first-order chi connectivity index (χ1) is 21.0. The number of aliphatic imine (C=N–C) groups is 2. The third kappa shape index (κ3) is 6.74. The fourth-order valence-electron chi connectivity index (χ4n) is 6.96. The molecule has 3 N–H and O–H groups in total. The van der Waals surface area contributed by atoms with Crippen LogP contribution < -0.4 is 10.6 Å². The van der Waals surface area contributed by atoms with Gasteiger partial charge in [0, 0.05) is 56.2 Å². The molecule has 0 saturated carbocycles. The van der Waals surface area contributed by atoms with E-state index in [2.05, 4.69) is 45.8 Å². The number of allylic oxidation sites excluding steroid dienone is 7.